The van der Waals surface area contributed by atoms with Crippen molar-refractivity contribution in [3.63, 3.8) is 0 Å². The van der Waals surface area contributed by atoms with Gasteiger partial charge in [-0.05, 0) is 13.8 Å². The van der Waals surface area contributed by atoms with Crippen LogP contribution in [0.3, 0.4) is 0 Å². The number of aromatic amines is 1. The molecule has 0 spiro atoms. The first kappa shape index (κ1) is 16.0. The number of methoxy groups -OCH3 is 1. The highest BCUT2D eigenvalue weighted by Gasteiger charge is 2.37. The zero-order chi connectivity index (χ0) is 17.6. The van der Waals surface area contributed by atoms with Crippen LogP contribution in [0.1, 0.15) is 40.9 Å². The molecule has 0 bridgehead atoms. The lowest BCUT2D eigenvalue weighted by molar-refractivity contribution is 0.0685. The quantitative estimate of drug-likeness (QED) is 0.389. The summed E-state index contributed by atoms with van der Waals surface area (Å²) in [6.45, 7) is 4.74. The number of nitrogens with one attached hydrogen (secondary N) is 2. The van der Waals surface area contributed by atoms with Gasteiger partial charge >= 0.3 is 0 Å². The Morgan fingerprint density at radius 3 is 2.79 bits per heavy atom. The smallest absolute Gasteiger partial charge is 0.287 e. The zero-order valence-corrected chi connectivity index (χ0v) is 13.5. The molecule has 2 aromatic heterocycles. The van der Waals surface area contributed by atoms with Gasteiger partial charge in [0.15, 0.2) is 17.1 Å². The standard InChI is InChI=1S/C14H18N6O4/c1-4-19-5-6(2)20-9-7(11(24-3)10(20)14(19)23)12(21)18-17-8(9)13(22)16-15/h6H,4-5,15H2,1-3H3,(H,16,22)(H,18,21). The van der Waals surface area contributed by atoms with Crippen LogP contribution in [0.5, 0.6) is 5.75 Å². The van der Waals surface area contributed by atoms with Gasteiger partial charge < -0.3 is 14.2 Å². The van der Waals surface area contributed by atoms with Gasteiger partial charge in [0.1, 0.15) is 5.39 Å². The van der Waals surface area contributed by atoms with Crippen LogP contribution in [-0.2, 0) is 0 Å². The maximum atomic E-state index is 12.8. The first-order chi connectivity index (χ1) is 11.5. The number of carbonyl (C=O) groups excluding carboxylic acids is 2. The molecule has 2 amide bonds. The van der Waals surface area contributed by atoms with Crippen LogP contribution < -0.4 is 21.6 Å². The molecule has 0 saturated heterocycles. The number of ether oxygens (including phenoxy) is 1. The van der Waals surface area contributed by atoms with E-state index in [1.807, 2.05) is 19.3 Å². The number of hydrazine groups is 1. The fourth-order valence-corrected chi connectivity index (χ4v) is 3.20. The van der Waals surface area contributed by atoms with Crippen LogP contribution in [0.2, 0.25) is 0 Å². The van der Waals surface area contributed by atoms with Crippen LogP contribution in [0.25, 0.3) is 10.9 Å². The van der Waals surface area contributed by atoms with E-state index in [9.17, 15) is 14.4 Å². The van der Waals surface area contributed by atoms with Gasteiger partial charge in [0, 0.05) is 19.1 Å². The van der Waals surface area contributed by atoms with Crippen molar-refractivity contribution in [1.29, 1.82) is 0 Å². The molecule has 4 N–H and O–H groups in total. The van der Waals surface area contributed by atoms with E-state index in [0.29, 0.717) is 13.1 Å². The SMILES string of the molecule is CCN1CC(C)n2c(c(OC)c3c(=O)[nH]nc(C(=O)NN)c32)C1=O. The van der Waals surface area contributed by atoms with Gasteiger partial charge in [-0.15, -0.1) is 0 Å². The first-order valence-electron chi connectivity index (χ1n) is 7.46. The van der Waals surface area contributed by atoms with Gasteiger partial charge in [0.05, 0.1) is 12.6 Å². The van der Waals surface area contributed by atoms with Gasteiger partial charge in [-0.1, -0.05) is 0 Å². The number of aromatic nitrogens is 3. The number of fused-ring (bicyclic) bond motifs is 3. The maximum absolute atomic E-state index is 12.8. The molecule has 0 aromatic carbocycles. The van der Waals surface area contributed by atoms with Crippen molar-refractivity contribution in [2.45, 2.75) is 19.9 Å². The van der Waals surface area contributed by atoms with E-state index in [-0.39, 0.29) is 40.0 Å². The van der Waals surface area contributed by atoms with E-state index < -0.39 is 11.5 Å². The molecule has 1 unspecified atom stereocenters. The van der Waals surface area contributed by atoms with Crippen molar-refractivity contribution in [2.24, 2.45) is 5.84 Å². The number of hydrogen-bond acceptors (Lipinski definition) is 6. The molecule has 24 heavy (non-hydrogen) atoms. The van der Waals surface area contributed by atoms with E-state index in [1.165, 1.54) is 7.11 Å². The Bertz CT molecular complexity index is 899. The summed E-state index contributed by atoms with van der Waals surface area (Å²) in [4.78, 5) is 38.8. The largest absolute Gasteiger partial charge is 0.493 e. The topological polar surface area (TPSA) is 135 Å². The molecule has 2 aromatic rings. The molecule has 1 atom stereocenters. The third-order valence-corrected chi connectivity index (χ3v) is 4.23. The minimum atomic E-state index is -0.670. The van der Waals surface area contributed by atoms with E-state index in [4.69, 9.17) is 10.6 Å². The second kappa shape index (κ2) is 5.64. The van der Waals surface area contributed by atoms with Crippen molar-refractivity contribution in [2.75, 3.05) is 20.2 Å². The van der Waals surface area contributed by atoms with E-state index >= 15 is 0 Å². The van der Waals surface area contributed by atoms with Gasteiger partial charge in [-0.25, -0.2) is 10.9 Å². The van der Waals surface area contributed by atoms with Crippen molar-refractivity contribution in [1.82, 2.24) is 25.1 Å². The Morgan fingerprint density at radius 1 is 1.50 bits per heavy atom. The van der Waals surface area contributed by atoms with Crippen molar-refractivity contribution < 1.29 is 14.3 Å². The fourth-order valence-electron chi connectivity index (χ4n) is 3.20. The fraction of sp³-hybridized carbons (Fsp3) is 0.429. The molecule has 10 nitrogen and oxygen atoms in total. The molecule has 0 aliphatic carbocycles. The Morgan fingerprint density at radius 2 is 2.21 bits per heavy atom. The van der Waals surface area contributed by atoms with E-state index in [2.05, 4.69) is 10.2 Å². The lowest BCUT2D eigenvalue weighted by atomic mass is 10.2. The summed E-state index contributed by atoms with van der Waals surface area (Å²) >= 11 is 0. The third-order valence-electron chi connectivity index (χ3n) is 4.23. The highest BCUT2D eigenvalue weighted by atomic mass is 16.5. The number of amides is 2. The monoisotopic (exact) mass is 334 g/mol. The summed E-state index contributed by atoms with van der Waals surface area (Å²) in [6.07, 6.45) is 0. The predicted molar refractivity (Wildman–Crippen MR) is 84.8 cm³/mol. The molecule has 1 aliphatic rings. The average molecular weight is 334 g/mol. The Hall–Kier alpha value is -2.88. The summed E-state index contributed by atoms with van der Waals surface area (Å²) in [7, 11) is 1.38. The lowest BCUT2D eigenvalue weighted by Gasteiger charge is -2.32. The number of likely N-dealkylation sites (N-methyl/N-ethyl adjacent to an activating group) is 1. The minimum absolute atomic E-state index is 0.0683. The normalized spacial score (nSPS) is 17.1. The number of rotatable bonds is 3. The number of nitrogen functional groups attached to an aromatic ring is 1. The summed E-state index contributed by atoms with van der Waals surface area (Å²) in [5.74, 6) is 4.41. The van der Waals surface area contributed by atoms with Crippen LogP contribution in [0, 0.1) is 0 Å². The number of nitrogens with zero attached hydrogens (tertiary/aromatic N) is 3. The van der Waals surface area contributed by atoms with Gasteiger partial charge in [0.25, 0.3) is 17.4 Å². The molecule has 10 heteroatoms. The number of nitrogens with two attached hydrogens (primary N) is 1. The molecule has 1 aliphatic heterocycles. The van der Waals surface area contributed by atoms with E-state index in [0.717, 1.165) is 0 Å². The highest BCUT2D eigenvalue weighted by molar-refractivity contribution is 6.10. The Kier molecular flexibility index (Phi) is 3.76. The van der Waals surface area contributed by atoms with Crippen LogP contribution in [0.15, 0.2) is 4.79 Å². The highest BCUT2D eigenvalue weighted by Crippen LogP contribution is 2.38. The van der Waals surface area contributed by atoms with E-state index in [1.54, 1.807) is 9.47 Å². The molecule has 3 heterocycles. The number of H-pyrrole nitrogens is 1. The van der Waals surface area contributed by atoms with Crippen molar-refractivity contribution >= 4 is 22.7 Å². The number of hydrogen-bond donors (Lipinski definition) is 3. The first-order valence-corrected chi connectivity index (χ1v) is 7.46. The average Bonchev–Trinajstić information content (AvgIpc) is 2.94. The molecule has 128 valence electrons. The molecule has 0 fully saturated rings. The van der Waals surface area contributed by atoms with Crippen molar-refractivity contribution in [3.05, 3.63) is 21.7 Å². The van der Waals surface area contributed by atoms with Gasteiger partial charge in [-0.2, -0.15) is 5.10 Å². The lowest BCUT2D eigenvalue weighted by Crippen LogP contribution is -2.42. The van der Waals surface area contributed by atoms with Gasteiger partial charge in [-0.3, -0.25) is 19.8 Å². The predicted octanol–water partition coefficient (Wildman–Crippen LogP) is -0.627. The number of carbonyl (C=O) groups is 2. The maximum Gasteiger partial charge on any atom is 0.287 e. The van der Waals surface area contributed by atoms with Crippen LogP contribution >= 0.6 is 0 Å². The third kappa shape index (κ3) is 1.99. The summed E-state index contributed by atoms with van der Waals surface area (Å²) in [5, 5.41) is 6.17. The summed E-state index contributed by atoms with van der Waals surface area (Å²) in [5.41, 5.74) is 1.87. The molecule has 0 radical (unpaired) electrons. The second-order valence-electron chi connectivity index (χ2n) is 5.54. The van der Waals surface area contributed by atoms with Crippen LogP contribution in [0.4, 0.5) is 0 Å². The van der Waals surface area contributed by atoms with Crippen molar-refractivity contribution in [3.8, 4) is 5.75 Å². The van der Waals surface area contributed by atoms with Gasteiger partial charge in [0.2, 0.25) is 0 Å². The minimum Gasteiger partial charge on any atom is -0.493 e. The second-order valence-corrected chi connectivity index (χ2v) is 5.54. The summed E-state index contributed by atoms with van der Waals surface area (Å²) in [6, 6.07) is -0.169. The summed E-state index contributed by atoms with van der Waals surface area (Å²) < 4.78 is 6.98. The van der Waals surface area contributed by atoms with Crippen LogP contribution in [-0.4, -0.2) is 51.7 Å². The molecule has 0 saturated carbocycles. The Balaban J connectivity index is 2.49. The zero-order valence-electron chi connectivity index (χ0n) is 13.5. The molecular weight excluding hydrogens is 316 g/mol. The molecule has 3 rings (SSSR count). The Labute approximate surface area is 136 Å². The molecular formula is C14H18N6O4.